The van der Waals surface area contributed by atoms with Crippen LogP contribution in [-0.4, -0.2) is 0 Å². The Balaban J connectivity index is 2.56. The highest BCUT2D eigenvalue weighted by Gasteiger charge is 2.05. The van der Waals surface area contributed by atoms with Crippen molar-refractivity contribution in [2.75, 3.05) is 0 Å². The lowest BCUT2D eigenvalue weighted by atomic mass is 9.96. The molecule has 1 heteroatoms. The van der Waals surface area contributed by atoms with Crippen LogP contribution in [0.3, 0.4) is 0 Å². The maximum absolute atomic E-state index is 3.25. The monoisotopic (exact) mass is 320 g/mol. The van der Waals surface area contributed by atoms with Crippen molar-refractivity contribution in [2.45, 2.75) is 13.8 Å². The fraction of sp³-hybridized carbons (Fsp3) is 0.133. The maximum Gasteiger partial charge on any atom is 0.0548 e. The van der Waals surface area contributed by atoms with Crippen LogP contribution in [-0.2, 0) is 0 Å². The lowest BCUT2D eigenvalue weighted by molar-refractivity contribution is 1.41. The van der Waals surface area contributed by atoms with Crippen LogP contribution in [0.4, 0.5) is 0 Å². The van der Waals surface area contributed by atoms with Gasteiger partial charge >= 0.3 is 0 Å². The van der Waals surface area contributed by atoms with Gasteiger partial charge in [-0.15, -0.1) is 5.73 Å². The first-order chi connectivity index (χ1) is 7.68. The Labute approximate surface area is 110 Å². The minimum Gasteiger partial charge on any atom is -0.106 e. The van der Waals surface area contributed by atoms with E-state index in [2.05, 4.69) is 84.7 Å². The van der Waals surface area contributed by atoms with E-state index in [0.29, 0.717) is 0 Å². The molecule has 0 radical (unpaired) electrons. The third-order valence-electron chi connectivity index (χ3n) is 2.68. The van der Waals surface area contributed by atoms with Gasteiger partial charge in [-0.25, -0.2) is 0 Å². The average Bonchev–Trinajstić information content (AvgIpc) is 2.43. The summed E-state index contributed by atoms with van der Waals surface area (Å²) < 4.78 is 1.14. The third kappa shape index (κ3) is 2.37. The summed E-state index contributed by atoms with van der Waals surface area (Å²) >= 11 is 2.29. The van der Waals surface area contributed by atoms with Gasteiger partial charge in [-0.1, -0.05) is 30.3 Å². The number of hydrogen-bond acceptors (Lipinski definition) is 0. The molecule has 2 rings (SSSR count). The summed E-state index contributed by atoms with van der Waals surface area (Å²) in [6.45, 7) is 4.28. The predicted molar refractivity (Wildman–Crippen MR) is 78.5 cm³/mol. The minimum atomic E-state index is 1.14. The summed E-state index contributed by atoms with van der Waals surface area (Å²) in [4.78, 5) is 0. The molecular formula is C15H13I. The molecule has 16 heavy (non-hydrogen) atoms. The molecule has 0 saturated carbocycles. The molecule has 80 valence electrons. The van der Waals surface area contributed by atoms with Crippen molar-refractivity contribution in [1.82, 2.24) is 0 Å². The van der Waals surface area contributed by atoms with Crippen LogP contribution >= 0.6 is 22.6 Å². The van der Waals surface area contributed by atoms with E-state index in [4.69, 9.17) is 0 Å². The second kappa shape index (κ2) is 4.86. The van der Waals surface area contributed by atoms with Gasteiger partial charge in [-0.3, -0.25) is 0 Å². The Hall–Kier alpha value is -1.05. The fourth-order valence-corrected chi connectivity index (χ4v) is 2.10. The second-order valence-electron chi connectivity index (χ2n) is 3.88. The van der Waals surface area contributed by atoms with Gasteiger partial charge in [-0.05, 0) is 70.9 Å². The van der Waals surface area contributed by atoms with Crippen molar-refractivity contribution in [3.8, 4) is 0 Å². The number of halogens is 1. The van der Waals surface area contributed by atoms with Crippen LogP contribution in [0.2, 0.25) is 0 Å². The molecule has 1 aliphatic rings. The molecule has 1 aliphatic carbocycles. The zero-order valence-electron chi connectivity index (χ0n) is 9.42. The van der Waals surface area contributed by atoms with E-state index in [1.807, 2.05) is 0 Å². The molecule has 0 aromatic heterocycles. The highest BCUT2D eigenvalue weighted by atomic mass is 127. The zero-order valence-corrected chi connectivity index (χ0v) is 11.6. The number of benzene rings is 1. The van der Waals surface area contributed by atoms with Crippen molar-refractivity contribution < 1.29 is 0 Å². The SMILES string of the molecule is CC1=C(c2ccccc2C)C=CC(I)=C=C1. The van der Waals surface area contributed by atoms with Crippen molar-refractivity contribution in [2.24, 2.45) is 0 Å². The first-order valence-corrected chi connectivity index (χ1v) is 6.33. The molecule has 0 N–H and O–H groups in total. The maximum atomic E-state index is 3.25. The van der Waals surface area contributed by atoms with Crippen LogP contribution in [0.5, 0.6) is 0 Å². The van der Waals surface area contributed by atoms with Crippen molar-refractivity contribution >= 4 is 28.2 Å². The van der Waals surface area contributed by atoms with Gasteiger partial charge < -0.3 is 0 Å². The summed E-state index contributed by atoms with van der Waals surface area (Å²) in [5.41, 5.74) is 8.42. The molecular weight excluding hydrogens is 307 g/mol. The molecule has 0 atom stereocenters. The Morgan fingerprint density at radius 1 is 1.06 bits per heavy atom. The summed E-state index contributed by atoms with van der Waals surface area (Å²) in [6, 6.07) is 8.48. The van der Waals surface area contributed by atoms with E-state index in [9.17, 15) is 0 Å². The molecule has 0 unspecified atom stereocenters. The first-order valence-electron chi connectivity index (χ1n) is 5.25. The van der Waals surface area contributed by atoms with Gasteiger partial charge in [-0.2, -0.15) is 0 Å². The Kier molecular flexibility index (Phi) is 3.47. The molecule has 0 fully saturated rings. The standard InChI is InChI=1S/C15H13I/c1-11-5-3-4-6-14(11)15-10-9-13(16)8-7-12(15)2/h3-7,9-10H,1-2H3. The molecule has 1 aromatic rings. The molecule has 0 bridgehead atoms. The molecule has 0 aliphatic heterocycles. The summed E-state index contributed by atoms with van der Waals surface area (Å²) in [6.07, 6.45) is 6.34. The largest absolute Gasteiger partial charge is 0.106 e. The van der Waals surface area contributed by atoms with Gasteiger partial charge in [0.15, 0.2) is 0 Å². The quantitative estimate of drug-likeness (QED) is 0.514. The smallest absolute Gasteiger partial charge is 0.0548 e. The van der Waals surface area contributed by atoms with Gasteiger partial charge in [0.1, 0.15) is 0 Å². The lowest BCUT2D eigenvalue weighted by Gasteiger charge is -2.08. The normalized spacial score (nSPS) is 15.1. The summed E-state index contributed by atoms with van der Waals surface area (Å²) in [5, 5.41) is 0. The van der Waals surface area contributed by atoms with Crippen molar-refractivity contribution in [1.29, 1.82) is 0 Å². The van der Waals surface area contributed by atoms with Gasteiger partial charge in [0.25, 0.3) is 0 Å². The molecule has 0 nitrogen and oxygen atoms in total. The summed E-state index contributed by atoms with van der Waals surface area (Å²) in [7, 11) is 0. The van der Waals surface area contributed by atoms with E-state index < -0.39 is 0 Å². The van der Waals surface area contributed by atoms with E-state index in [1.54, 1.807) is 0 Å². The molecule has 0 heterocycles. The zero-order chi connectivity index (χ0) is 11.5. The van der Waals surface area contributed by atoms with Crippen LogP contribution in [0.1, 0.15) is 18.1 Å². The Morgan fingerprint density at radius 3 is 2.56 bits per heavy atom. The fourth-order valence-electron chi connectivity index (χ4n) is 1.77. The number of rotatable bonds is 1. The predicted octanol–water partition coefficient (Wildman–Crippen LogP) is 4.81. The van der Waals surface area contributed by atoms with Crippen LogP contribution < -0.4 is 0 Å². The van der Waals surface area contributed by atoms with Crippen LogP contribution in [0.25, 0.3) is 5.57 Å². The highest BCUT2D eigenvalue weighted by Crippen LogP contribution is 2.26. The minimum absolute atomic E-state index is 1.14. The number of allylic oxidation sites excluding steroid dienone is 5. The molecule has 0 amide bonds. The molecule has 0 saturated heterocycles. The summed E-state index contributed by atoms with van der Waals surface area (Å²) in [5.74, 6) is 0. The number of hydrogen-bond donors (Lipinski definition) is 0. The van der Waals surface area contributed by atoms with Gasteiger partial charge in [0.2, 0.25) is 0 Å². The lowest BCUT2D eigenvalue weighted by Crippen LogP contribution is -1.88. The average molecular weight is 320 g/mol. The highest BCUT2D eigenvalue weighted by molar-refractivity contribution is 14.1. The van der Waals surface area contributed by atoms with Gasteiger partial charge in [0, 0.05) is 0 Å². The van der Waals surface area contributed by atoms with Crippen LogP contribution in [0, 0.1) is 6.92 Å². The molecule has 1 aromatic carbocycles. The Bertz CT molecular complexity index is 538. The van der Waals surface area contributed by atoms with Crippen molar-refractivity contribution in [3.63, 3.8) is 0 Å². The topological polar surface area (TPSA) is 0 Å². The number of aryl methyl sites for hydroxylation is 1. The van der Waals surface area contributed by atoms with E-state index in [1.165, 1.54) is 22.3 Å². The Morgan fingerprint density at radius 2 is 1.81 bits per heavy atom. The second-order valence-corrected chi connectivity index (χ2v) is 5.04. The van der Waals surface area contributed by atoms with Gasteiger partial charge in [0.05, 0.1) is 3.58 Å². The molecule has 0 spiro atoms. The van der Waals surface area contributed by atoms with E-state index >= 15 is 0 Å². The first kappa shape index (κ1) is 11.4. The van der Waals surface area contributed by atoms with E-state index in [0.717, 1.165) is 3.58 Å². The van der Waals surface area contributed by atoms with Crippen molar-refractivity contribution in [3.05, 3.63) is 68.5 Å². The van der Waals surface area contributed by atoms with Crippen LogP contribution in [0.15, 0.2) is 57.4 Å². The van der Waals surface area contributed by atoms with E-state index in [-0.39, 0.29) is 0 Å². The third-order valence-corrected chi connectivity index (χ3v) is 3.35.